The van der Waals surface area contributed by atoms with E-state index in [1.807, 2.05) is 33.3 Å². The number of allylic oxidation sites excluding steroid dienone is 13. The Kier molecular flexibility index (Phi) is 54.4. The minimum absolute atomic E-state index is 0.0358. The van der Waals surface area contributed by atoms with Gasteiger partial charge in [-0.05, 0) is 83.1 Å². The normalized spacial score (nSPS) is 14.2. The van der Waals surface area contributed by atoms with E-state index in [1.54, 1.807) is 0 Å². The number of hydrogen-bond acceptors (Lipinski definition) is 6. The van der Waals surface area contributed by atoms with Crippen LogP contribution in [0.2, 0.25) is 0 Å². The number of phosphoric acid groups is 1. The Morgan fingerprint density at radius 1 is 0.468 bits per heavy atom. The number of hydrogen-bond donors (Lipinski definition) is 2. The van der Waals surface area contributed by atoms with Gasteiger partial charge >= 0.3 is 13.8 Å². The lowest BCUT2D eigenvalue weighted by molar-refractivity contribution is -0.870. The molecular formula is C67H122N2O7P+. The van der Waals surface area contributed by atoms with E-state index in [9.17, 15) is 19.0 Å². The standard InChI is InChI=1S/C67H121N2O7P/c1-7-10-13-16-19-22-25-28-30-31-32-33-34-35-36-37-38-39-40-42-45-48-51-54-57-60-67(71)76-65(58-55-52-49-46-43-27-24-21-18-15-12-9-3)64(63-75-77(72,73)74-62-61-69(4,5)6)68-66(70)59-56-53-50-47-44-41-29-26-23-20-17-14-11-8-2/h10,13,19,22,28,30,32-33,35-36,38-39,55,58,64-65H,7-9,11-12,14-18,20-21,23-27,29,31,34,37,40-54,56-57,59-63H2,1-6H3,(H-,68,70,72,73)/p+1/b13-10-,22-19-,30-28-,33-32-,36-35-,39-38-,58-55-. The molecule has 0 saturated heterocycles. The second-order valence-corrected chi connectivity index (χ2v) is 24.0. The zero-order valence-corrected chi connectivity index (χ0v) is 51.8. The first-order chi connectivity index (χ1) is 37.4. The fourth-order valence-electron chi connectivity index (χ4n) is 8.94. The Balaban J connectivity index is 5.19. The summed E-state index contributed by atoms with van der Waals surface area (Å²) in [6, 6.07) is -0.856. The van der Waals surface area contributed by atoms with Gasteiger partial charge in [0.05, 0.1) is 33.8 Å². The highest BCUT2D eigenvalue weighted by atomic mass is 31.2. The average molecular weight is 1100 g/mol. The summed E-state index contributed by atoms with van der Waals surface area (Å²) >= 11 is 0. The lowest BCUT2D eigenvalue weighted by Gasteiger charge is -2.27. The Morgan fingerprint density at radius 2 is 0.831 bits per heavy atom. The highest BCUT2D eigenvalue weighted by Gasteiger charge is 2.30. The number of carbonyl (C=O) groups excluding carboxylic acids is 2. The molecule has 0 heterocycles. The summed E-state index contributed by atoms with van der Waals surface area (Å²) in [5.74, 6) is -0.518. The van der Waals surface area contributed by atoms with Crippen LogP contribution in [-0.4, -0.2) is 74.3 Å². The van der Waals surface area contributed by atoms with Crippen LogP contribution in [-0.2, 0) is 27.9 Å². The number of amides is 1. The molecular weight excluding hydrogens is 976 g/mol. The molecule has 0 aromatic carbocycles. The third kappa shape index (κ3) is 57.7. The predicted molar refractivity (Wildman–Crippen MR) is 332 cm³/mol. The van der Waals surface area contributed by atoms with Crippen LogP contribution in [0.1, 0.15) is 278 Å². The maximum atomic E-state index is 13.5. The van der Waals surface area contributed by atoms with Crippen molar-refractivity contribution < 1.29 is 37.3 Å². The van der Waals surface area contributed by atoms with E-state index in [0.29, 0.717) is 17.4 Å². The summed E-state index contributed by atoms with van der Waals surface area (Å²) in [5.41, 5.74) is 0. The first kappa shape index (κ1) is 74.2. The summed E-state index contributed by atoms with van der Waals surface area (Å²) in [4.78, 5) is 37.7. The number of nitrogens with zero attached hydrogens (tertiary/aromatic N) is 1. The van der Waals surface area contributed by atoms with Gasteiger partial charge in [0.25, 0.3) is 0 Å². The van der Waals surface area contributed by atoms with Gasteiger partial charge in [0.1, 0.15) is 19.3 Å². The number of rotatable bonds is 57. The smallest absolute Gasteiger partial charge is 0.456 e. The van der Waals surface area contributed by atoms with Crippen molar-refractivity contribution in [3.05, 3.63) is 85.1 Å². The zero-order chi connectivity index (χ0) is 56.4. The first-order valence-electron chi connectivity index (χ1n) is 31.9. The van der Waals surface area contributed by atoms with E-state index < -0.39 is 20.0 Å². The van der Waals surface area contributed by atoms with Crippen molar-refractivity contribution in [2.75, 3.05) is 40.9 Å². The molecule has 3 unspecified atom stereocenters. The van der Waals surface area contributed by atoms with E-state index in [-0.39, 0.29) is 31.5 Å². The van der Waals surface area contributed by atoms with Crippen molar-refractivity contribution in [3.63, 3.8) is 0 Å². The summed E-state index contributed by atoms with van der Waals surface area (Å²) in [6.45, 7) is 6.90. The van der Waals surface area contributed by atoms with Gasteiger partial charge in [0, 0.05) is 12.8 Å². The van der Waals surface area contributed by atoms with Crippen molar-refractivity contribution in [3.8, 4) is 0 Å². The first-order valence-corrected chi connectivity index (χ1v) is 33.4. The van der Waals surface area contributed by atoms with Crippen molar-refractivity contribution in [2.24, 2.45) is 0 Å². The molecule has 0 saturated carbocycles. The van der Waals surface area contributed by atoms with Crippen LogP contribution in [0.25, 0.3) is 0 Å². The van der Waals surface area contributed by atoms with Crippen LogP contribution in [0.4, 0.5) is 0 Å². The van der Waals surface area contributed by atoms with Gasteiger partial charge < -0.3 is 19.4 Å². The number of likely N-dealkylation sites (N-methyl/N-ethyl adjacent to an activating group) is 1. The number of unbranched alkanes of at least 4 members (excludes halogenated alkanes) is 29. The minimum Gasteiger partial charge on any atom is -0.456 e. The van der Waals surface area contributed by atoms with Gasteiger partial charge in [-0.25, -0.2) is 4.57 Å². The largest absolute Gasteiger partial charge is 0.472 e. The number of carbonyl (C=O) groups is 2. The Morgan fingerprint density at radius 3 is 1.25 bits per heavy atom. The molecule has 0 rings (SSSR count). The topological polar surface area (TPSA) is 111 Å². The molecule has 0 aliphatic carbocycles. The third-order valence-electron chi connectivity index (χ3n) is 13.8. The van der Waals surface area contributed by atoms with Gasteiger partial charge in [0.15, 0.2) is 0 Å². The molecule has 10 heteroatoms. The predicted octanol–water partition coefficient (Wildman–Crippen LogP) is 19.8. The molecule has 446 valence electrons. The molecule has 0 aromatic rings. The van der Waals surface area contributed by atoms with E-state index in [1.165, 1.54) is 122 Å². The summed E-state index contributed by atoms with van der Waals surface area (Å²) in [6.07, 6.45) is 74.3. The molecule has 77 heavy (non-hydrogen) atoms. The molecule has 3 atom stereocenters. The van der Waals surface area contributed by atoms with Crippen LogP contribution >= 0.6 is 7.82 Å². The van der Waals surface area contributed by atoms with Gasteiger partial charge in [0.2, 0.25) is 5.91 Å². The number of esters is 1. The highest BCUT2D eigenvalue weighted by Crippen LogP contribution is 2.43. The summed E-state index contributed by atoms with van der Waals surface area (Å²) < 4.78 is 30.7. The Hall–Kier alpha value is -2.81. The fourth-order valence-corrected chi connectivity index (χ4v) is 9.68. The molecule has 0 bridgehead atoms. The molecule has 0 radical (unpaired) electrons. The van der Waals surface area contributed by atoms with Crippen molar-refractivity contribution in [2.45, 2.75) is 290 Å². The van der Waals surface area contributed by atoms with Crippen LogP contribution < -0.4 is 5.32 Å². The zero-order valence-electron chi connectivity index (χ0n) is 50.9. The molecule has 0 spiro atoms. The number of quaternary nitrogens is 1. The maximum absolute atomic E-state index is 13.5. The molecule has 0 aromatic heterocycles. The van der Waals surface area contributed by atoms with E-state index in [2.05, 4.69) is 99.0 Å². The van der Waals surface area contributed by atoms with Crippen molar-refractivity contribution in [1.82, 2.24) is 5.32 Å². The van der Waals surface area contributed by atoms with Gasteiger partial charge in [-0.15, -0.1) is 0 Å². The lowest BCUT2D eigenvalue weighted by atomic mass is 10.0. The fraction of sp³-hybridized carbons (Fsp3) is 0.761. The van der Waals surface area contributed by atoms with E-state index in [0.717, 1.165) is 122 Å². The number of ether oxygens (including phenoxy) is 1. The second kappa shape index (κ2) is 56.5. The average Bonchev–Trinajstić information content (AvgIpc) is 3.39. The number of phosphoric ester groups is 1. The van der Waals surface area contributed by atoms with Crippen LogP contribution in [0.3, 0.4) is 0 Å². The van der Waals surface area contributed by atoms with Gasteiger partial charge in [-0.1, -0.05) is 267 Å². The Labute approximate surface area is 476 Å². The number of nitrogens with one attached hydrogen (secondary N) is 1. The molecule has 0 fully saturated rings. The Bertz CT molecular complexity index is 1590. The summed E-state index contributed by atoms with van der Waals surface area (Å²) in [5, 5.41) is 3.05. The van der Waals surface area contributed by atoms with Crippen LogP contribution in [0.15, 0.2) is 85.1 Å². The quantitative estimate of drug-likeness (QED) is 0.0205. The maximum Gasteiger partial charge on any atom is 0.472 e. The highest BCUT2D eigenvalue weighted by molar-refractivity contribution is 7.47. The van der Waals surface area contributed by atoms with Gasteiger partial charge in [-0.3, -0.25) is 18.6 Å². The third-order valence-corrected chi connectivity index (χ3v) is 14.8. The minimum atomic E-state index is -4.45. The molecule has 0 aliphatic rings. The van der Waals surface area contributed by atoms with Crippen LogP contribution in [0.5, 0.6) is 0 Å². The monoisotopic (exact) mass is 1100 g/mol. The molecule has 0 aliphatic heterocycles. The second-order valence-electron chi connectivity index (χ2n) is 22.6. The van der Waals surface area contributed by atoms with Crippen LogP contribution in [0, 0.1) is 0 Å². The van der Waals surface area contributed by atoms with Crippen molar-refractivity contribution >= 4 is 19.7 Å². The molecule has 9 nitrogen and oxygen atoms in total. The van der Waals surface area contributed by atoms with E-state index in [4.69, 9.17) is 13.8 Å². The van der Waals surface area contributed by atoms with Crippen molar-refractivity contribution in [1.29, 1.82) is 0 Å². The molecule has 1 amide bonds. The summed E-state index contributed by atoms with van der Waals surface area (Å²) in [7, 11) is 1.48. The molecule has 2 N–H and O–H groups in total. The lowest BCUT2D eigenvalue weighted by Crippen LogP contribution is -2.47. The van der Waals surface area contributed by atoms with E-state index >= 15 is 0 Å². The SMILES string of the molecule is CC/C=C\C/C=C\C/C=C\C/C=C\C/C=C\C/C=C\CCCCCCCCC(=O)OC(/C=C\CCCCCCCCCCCC)C(COP(=O)(O)OCC[N+](C)(C)C)NC(=O)CCCCCCCCCCCCCCCC. The van der Waals surface area contributed by atoms with Gasteiger partial charge in [-0.2, -0.15) is 0 Å².